The highest BCUT2D eigenvalue weighted by Gasteiger charge is 2.36. The molecule has 0 bridgehead atoms. The summed E-state index contributed by atoms with van der Waals surface area (Å²) in [4.78, 5) is 15.8. The lowest BCUT2D eigenvalue weighted by molar-refractivity contribution is -0.144. The fourth-order valence-electron chi connectivity index (χ4n) is 2.40. The zero-order valence-corrected chi connectivity index (χ0v) is 11.3. The molecule has 0 radical (unpaired) electrons. The van der Waals surface area contributed by atoms with Gasteiger partial charge in [-0.15, -0.1) is 0 Å². The Bertz CT molecular complexity index is 473. The Morgan fingerprint density at radius 1 is 1.43 bits per heavy atom. The number of carbonyl (C=O) groups excluding carboxylic acids is 1. The number of hydrogen-bond donors (Lipinski definition) is 2. The monoisotopic (exact) mass is 302 g/mol. The van der Waals surface area contributed by atoms with Crippen LogP contribution in [0.1, 0.15) is 37.4 Å². The number of amides is 1. The van der Waals surface area contributed by atoms with Crippen LogP contribution >= 0.6 is 0 Å². The molecule has 1 atom stereocenters. The van der Waals surface area contributed by atoms with E-state index < -0.39 is 37.1 Å². The lowest BCUT2D eigenvalue weighted by Gasteiger charge is -2.37. The van der Waals surface area contributed by atoms with Crippen LogP contribution in [0.3, 0.4) is 0 Å². The van der Waals surface area contributed by atoms with Gasteiger partial charge in [-0.25, -0.2) is 0 Å². The van der Waals surface area contributed by atoms with Gasteiger partial charge in [0.1, 0.15) is 0 Å². The van der Waals surface area contributed by atoms with Crippen LogP contribution in [0.5, 0.6) is 0 Å². The first kappa shape index (κ1) is 15.8. The molecule has 1 heterocycles. The molecule has 21 heavy (non-hydrogen) atoms. The van der Waals surface area contributed by atoms with Crippen LogP contribution in [0.15, 0.2) is 24.4 Å². The summed E-state index contributed by atoms with van der Waals surface area (Å²) in [5, 5.41) is 12.0. The summed E-state index contributed by atoms with van der Waals surface area (Å²) in [6.07, 6.45) is -3.89. The van der Waals surface area contributed by atoms with E-state index in [9.17, 15) is 23.1 Å². The second-order valence-corrected chi connectivity index (χ2v) is 5.30. The highest BCUT2D eigenvalue weighted by molar-refractivity contribution is 5.76. The van der Waals surface area contributed by atoms with Crippen LogP contribution < -0.4 is 5.32 Å². The van der Waals surface area contributed by atoms with E-state index in [1.54, 1.807) is 24.4 Å². The van der Waals surface area contributed by atoms with Crippen LogP contribution in [0.4, 0.5) is 13.2 Å². The van der Waals surface area contributed by atoms with E-state index in [0.29, 0.717) is 18.5 Å². The average Bonchev–Trinajstić information content (AvgIpc) is 2.40. The minimum absolute atomic E-state index is 0.00439. The number of nitrogens with zero attached hydrogens (tertiary/aromatic N) is 1. The zero-order valence-electron chi connectivity index (χ0n) is 11.3. The van der Waals surface area contributed by atoms with Crippen molar-refractivity contribution < 1.29 is 23.1 Å². The molecule has 1 aromatic rings. The molecule has 1 fully saturated rings. The summed E-state index contributed by atoms with van der Waals surface area (Å²) < 4.78 is 36.4. The second-order valence-electron chi connectivity index (χ2n) is 5.30. The molecule has 0 aliphatic heterocycles. The first-order valence-corrected chi connectivity index (χ1v) is 6.80. The molecule has 1 amide bonds. The standard InChI is InChI=1S/C14H17F3N2O2/c15-14(16,17)5-4-12(21)19-13(9-7-10(20)8-9)11-3-1-2-6-18-11/h1-3,6,9-10,13,20H,4-5,7-8H2,(H,19,21)/t9?,10?,13-/m0/s1. The molecule has 4 nitrogen and oxygen atoms in total. The molecule has 7 heteroatoms. The van der Waals surface area contributed by atoms with Crippen LogP contribution in [0.2, 0.25) is 0 Å². The molecule has 1 aliphatic rings. The van der Waals surface area contributed by atoms with Gasteiger partial charge in [0.25, 0.3) is 0 Å². The topological polar surface area (TPSA) is 62.2 Å². The van der Waals surface area contributed by atoms with E-state index in [1.807, 2.05) is 0 Å². The maximum atomic E-state index is 12.1. The molecule has 2 rings (SSSR count). The number of alkyl halides is 3. The van der Waals surface area contributed by atoms with Crippen molar-refractivity contribution in [3.63, 3.8) is 0 Å². The molecule has 116 valence electrons. The highest BCUT2D eigenvalue weighted by Crippen LogP contribution is 2.37. The zero-order chi connectivity index (χ0) is 15.5. The fraction of sp³-hybridized carbons (Fsp3) is 0.571. The summed E-state index contributed by atoms with van der Waals surface area (Å²) in [7, 11) is 0. The van der Waals surface area contributed by atoms with Crippen molar-refractivity contribution in [2.24, 2.45) is 5.92 Å². The van der Waals surface area contributed by atoms with Crippen molar-refractivity contribution in [2.45, 2.75) is 44.0 Å². The number of halogens is 3. The predicted octanol–water partition coefficient (Wildman–Crippen LogP) is 2.35. The first-order chi connectivity index (χ1) is 9.85. The molecule has 0 aromatic carbocycles. The molecule has 1 saturated carbocycles. The van der Waals surface area contributed by atoms with E-state index in [-0.39, 0.29) is 5.92 Å². The third-order valence-corrected chi connectivity index (χ3v) is 3.58. The number of aliphatic hydroxyl groups excluding tert-OH is 1. The predicted molar refractivity (Wildman–Crippen MR) is 69.1 cm³/mol. The van der Waals surface area contributed by atoms with Gasteiger partial charge in [-0.05, 0) is 30.9 Å². The minimum atomic E-state index is -4.34. The van der Waals surface area contributed by atoms with Gasteiger partial charge in [0, 0.05) is 12.6 Å². The quantitative estimate of drug-likeness (QED) is 0.877. The molecular weight excluding hydrogens is 285 g/mol. The van der Waals surface area contributed by atoms with E-state index in [1.165, 1.54) is 0 Å². The van der Waals surface area contributed by atoms with Crippen molar-refractivity contribution in [3.05, 3.63) is 30.1 Å². The number of rotatable bonds is 5. The number of hydrogen-bond acceptors (Lipinski definition) is 3. The van der Waals surface area contributed by atoms with Crippen LogP contribution in [0, 0.1) is 5.92 Å². The van der Waals surface area contributed by atoms with Gasteiger partial charge in [-0.3, -0.25) is 9.78 Å². The lowest BCUT2D eigenvalue weighted by Crippen LogP contribution is -2.41. The number of aromatic nitrogens is 1. The largest absolute Gasteiger partial charge is 0.393 e. The van der Waals surface area contributed by atoms with Crippen LogP contribution in [-0.2, 0) is 4.79 Å². The van der Waals surface area contributed by atoms with Gasteiger partial charge in [0.15, 0.2) is 0 Å². The van der Waals surface area contributed by atoms with Gasteiger partial charge < -0.3 is 10.4 Å². The Hall–Kier alpha value is -1.63. The van der Waals surface area contributed by atoms with Crippen molar-refractivity contribution >= 4 is 5.91 Å². The maximum absolute atomic E-state index is 12.1. The molecular formula is C14H17F3N2O2. The molecule has 1 aliphatic carbocycles. The first-order valence-electron chi connectivity index (χ1n) is 6.80. The van der Waals surface area contributed by atoms with E-state index in [0.717, 1.165) is 0 Å². The summed E-state index contributed by atoms with van der Waals surface area (Å²) in [5.74, 6) is -0.644. The van der Waals surface area contributed by atoms with Crippen LogP contribution in [-0.4, -0.2) is 28.3 Å². The van der Waals surface area contributed by atoms with E-state index in [4.69, 9.17) is 0 Å². The summed E-state index contributed by atoms with van der Waals surface area (Å²) >= 11 is 0. The average molecular weight is 302 g/mol. The summed E-state index contributed by atoms with van der Waals surface area (Å²) in [6, 6.07) is 4.75. The number of pyridine rings is 1. The number of aliphatic hydroxyl groups is 1. The third kappa shape index (κ3) is 4.70. The molecule has 0 spiro atoms. The third-order valence-electron chi connectivity index (χ3n) is 3.58. The molecule has 2 N–H and O–H groups in total. The Morgan fingerprint density at radius 2 is 2.14 bits per heavy atom. The molecule has 0 saturated heterocycles. The number of carbonyl (C=O) groups is 1. The van der Waals surface area contributed by atoms with Gasteiger partial charge in [-0.2, -0.15) is 13.2 Å². The Balaban J connectivity index is 1.98. The smallest absolute Gasteiger partial charge is 0.389 e. The Labute approximate surface area is 120 Å². The van der Waals surface area contributed by atoms with Crippen molar-refractivity contribution in [1.29, 1.82) is 0 Å². The van der Waals surface area contributed by atoms with Crippen LogP contribution in [0.25, 0.3) is 0 Å². The summed E-state index contributed by atoms with van der Waals surface area (Å²) in [6.45, 7) is 0. The normalized spacial score (nSPS) is 23.2. The van der Waals surface area contributed by atoms with Gasteiger partial charge >= 0.3 is 6.18 Å². The highest BCUT2D eigenvalue weighted by atomic mass is 19.4. The fourth-order valence-corrected chi connectivity index (χ4v) is 2.40. The minimum Gasteiger partial charge on any atom is -0.393 e. The van der Waals surface area contributed by atoms with Gasteiger partial charge in [-0.1, -0.05) is 6.07 Å². The lowest BCUT2D eigenvalue weighted by atomic mass is 9.76. The van der Waals surface area contributed by atoms with E-state index >= 15 is 0 Å². The number of nitrogens with one attached hydrogen (secondary N) is 1. The molecule has 1 aromatic heterocycles. The van der Waals surface area contributed by atoms with Gasteiger partial charge in [0.05, 0.1) is 24.3 Å². The second kappa shape index (κ2) is 6.43. The Kier molecular flexibility index (Phi) is 4.82. The Morgan fingerprint density at radius 3 is 2.67 bits per heavy atom. The van der Waals surface area contributed by atoms with Crippen molar-refractivity contribution in [3.8, 4) is 0 Å². The summed E-state index contributed by atoms with van der Waals surface area (Å²) in [5.41, 5.74) is 0.606. The van der Waals surface area contributed by atoms with Crippen molar-refractivity contribution in [2.75, 3.05) is 0 Å². The van der Waals surface area contributed by atoms with E-state index in [2.05, 4.69) is 10.3 Å². The van der Waals surface area contributed by atoms with Crippen molar-refractivity contribution in [1.82, 2.24) is 10.3 Å². The molecule has 0 unspecified atom stereocenters. The van der Waals surface area contributed by atoms with Gasteiger partial charge in [0.2, 0.25) is 5.91 Å². The maximum Gasteiger partial charge on any atom is 0.389 e. The SMILES string of the molecule is O=C(CCC(F)(F)F)N[C@H](c1ccccn1)C1CC(O)C1.